The molecule has 1 aliphatic rings. The van der Waals surface area contributed by atoms with Gasteiger partial charge in [-0.2, -0.15) is 0 Å². The molecule has 1 fully saturated rings. The molecule has 3 atom stereocenters. The van der Waals surface area contributed by atoms with Gasteiger partial charge < -0.3 is 14.2 Å². The van der Waals surface area contributed by atoms with Gasteiger partial charge in [-0.05, 0) is 38.0 Å². The minimum absolute atomic E-state index is 0.149. The lowest BCUT2D eigenvalue weighted by atomic mass is 9.91. The van der Waals surface area contributed by atoms with Crippen molar-refractivity contribution in [2.45, 2.75) is 38.8 Å². The summed E-state index contributed by atoms with van der Waals surface area (Å²) < 4.78 is 30.1. The van der Waals surface area contributed by atoms with Gasteiger partial charge in [0.15, 0.2) is 12.1 Å². The molecule has 0 spiro atoms. The first-order chi connectivity index (χ1) is 9.07. The minimum Gasteiger partial charge on any atom is -0.353 e. The molecule has 0 bridgehead atoms. The molecule has 19 heavy (non-hydrogen) atoms. The van der Waals surface area contributed by atoms with E-state index < -0.39 is 5.79 Å². The van der Waals surface area contributed by atoms with Crippen LogP contribution >= 0.6 is 0 Å². The largest absolute Gasteiger partial charge is 0.353 e. The monoisotopic (exact) mass is 268 g/mol. The van der Waals surface area contributed by atoms with Gasteiger partial charge in [0.05, 0.1) is 0 Å². The summed E-state index contributed by atoms with van der Waals surface area (Å²) in [6, 6.07) is 6.66. The van der Waals surface area contributed by atoms with Crippen LogP contribution in [-0.2, 0) is 20.6 Å². The van der Waals surface area contributed by atoms with E-state index in [0.29, 0.717) is 13.0 Å². The summed E-state index contributed by atoms with van der Waals surface area (Å²) in [6.45, 7) is 4.46. The quantitative estimate of drug-likeness (QED) is 0.821. The normalized spacial score (nSPS) is 30.7. The molecule has 0 N–H and O–H groups in total. The lowest BCUT2D eigenvalue weighted by molar-refractivity contribution is -0.261. The van der Waals surface area contributed by atoms with Crippen LogP contribution in [0.5, 0.6) is 0 Å². The molecule has 0 aliphatic carbocycles. The highest BCUT2D eigenvalue weighted by Crippen LogP contribution is 2.39. The van der Waals surface area contributed by atoms with Crippen LogP contribution in [0.2, 0.25) is 0 Å². The van der Waals surface area contributed by atoms with E-state index in [0.717, 1.165) is 12.0 Å². The van der Waals surface area contributed by atoms with E-state index in [-0.39, 0.29) is 18.0 Å². The summed E-state index contributed by atoms with van der Waals surface area (Å²) in [6.07, 6.45) is 1.23. The van der Waals surface area contributed by atoms with E-state index in [1.807, 2.05) is 19.9 Å². The van der Waals surface area contributed by atoms with E-state index in [1.54, 1.807) is 19.2 Å². The molecule has 1 saturated heterocycles. The van der Waals surface area contributed by atoms with Crippen molar-refractivity contribution in [2.75, 3.05) is 13.7 Å². The van der Waals surface area contributed by atoms with Crippen LogP contribution in [0.3, 0.4) is 0 Å². The molecule has 106 valence electrons. The topological polar surface area (TPSA) is 27.7 Å². The number of halogens is 1. The van der Waals surface area contributed by atoms with E-state index in [2.05, 4.69) is 0 Å². The Kier molecular flexibility index (Phi) is 4.55. The van der Waals surface area contributed by atoms with Crippen LogP contribution in [0.4, 0.5) is 4.39 Å². The Bertz CT molecular complexity index is 424. The van der Waals surface area contributed by atoms with Gasteiger partial charge in [0.1, 0.15) is 5.82 Å². The molecular formula is C15H21FO3. The Balaban J connectivity index is 2.09. The van der Waals surface area contributed by atoms with E-state index in [9.17, 15) is 4.39 Å². The van der Waals surface area contributed by atoms with Crippen LogP contribution in [0.1, 0.15) is 25.8 Å². The number of ether oxygens (including phenoxy) is 3. The number of methoxy groups -OCH3 is 1. The SMILES string of the molecule is CCOC1CC(Cc2cccc(F)c2)C(C)(OC)O1. The first-order valence-corrected chi connectivity index (χ1v) is 6.66. The molecule has 1 aromatic rings. The van der Waals surface area contributed by atoms with Crippen molar-refractivity contribution in [3.63, 3.8) is 0 Å². The second-order valence-corrected chi connectivity index (χ2v) is 4.99. The molecule has 1 aromatic carbocycles. The Morgan fingerprint density at radius 1 is 1.47 bits per heavy atom. The number of rotatable bonds is 5. The second-order valence-electron chi connectivity index (χ2n) is 4.99. The average Bonchev–Trinajstić information content (AvgIpc) is 2.67. The van der Waals surface area contributed by atoms with Crippen molar-refractivity contribution in [2.24, 2.45) is 5.92 Å². The van der Waals surface area contributed by atoms with Gasteiger partial charge in [-0.15, -0.1) is 0 Å². The lowest BCUT2D eigenvalue weighted by Crippen LogP contribution is -2.35. The third-order valence-electron chi connectivity index (χ3n) is 3.71. The molecule has 0 amide bonds. The molecule has 3 unspecified atom stereocenters. The Morgan fingerprint density at radius 3 is 2.89 bits per heavy atom. The van der Waals surface area contributed by atoms with Crippen molar-refractivity contribution in [1.82, 2.24) is 0 Å². The van der Waals surface area contributed by atoms with E-state index >= 15 is 0 Å². The van der Waals surface area contributed by atoms with Crippen LogP contribution < -0.4 is 0 Å². The van der Waals surface area contributed by atoms with Gasteiger partial charge >= 0.3 is 0 Å². The number of hydrogen-bond acceptors (Lipinski definition) is 3. The molecule has 0 radical (unpaired) electrons. The van der Waals surface area contributed by atoms with Crippen molar-refractivity contribution in [3.05, 3.63) is 35.6 Å². The van der Waals surface area contributed by atoms with Gasteiger partial charge in [-0.1, -0.05) is 12.1 Å². The zero-order valence-electron chi connectivity index (χ0n) is 11.7. The average molecular weight is 268 g/mol. The van der Waals surface area contributed by atoms with Gasteiger partial charge in [0.25, 0.3) is 0 Å². The third kappa shape index (κ3) is 3.32. The maximum atomic E-state index is 13.2. The molecule has 1 aliphatic heterocycles. The Hall–Kier alpha value is -0.970. The summed E-state index contributed by atoms with van der Waals surface area (Å²) in [7, 11) is 1.63. The van der Waals surface area contributed by atoms with E-state index in [1.165, 1.54) is 6.07 Å². The van der Waals surface area contributed by atoms with Crippen molar-refractivity contribution in [1.29, 1.82) is 0 Å². The first-order valence-electron chi connectivity index (χ1n) is 6.66. The summed E-state index contributed by atoms with van der Waals surface area (Å²) in [5, 5.41) is 0. The predicted molar refractivity (Wildman–Crippen MR) is 70.1 cm³/mol. The fraction of sp³-hybridized carbons (Fsp3) is 0.600. The van der Waals surface area contributed by atoms with Crippen molar-refractivity contribution in [3.8, 4) is 0 Å². The van der Waals surface area contributed by atoms with Gasteiger partial charge in [0, 0.05) is 26.1 Å². The molecule has 4 heteroatoms. The minimum atomic E-state index is -0.674. The van der Waals surface area contributed by atoms with E-state index in [4.69, 9.17) is 14.2 Å². The van der Waals surface area contributed by atoms with Gasteiger partial charge in [0.2, 0.25) is 0 Å². The highest BCUT2D eigenvalue weighted by atomic mass is 19.1. The zero-order valence-corrected chi connectivity index (χ0v) is 11.7. The van der Waals surface area contributed by atoms with Gasteiger partial charge in [-0.25, -0.2) is 4.39 Å². The van der Waals surface area contributed by atoms with Crippen molar-refractivity contribution >= 4 is 0 Å². The Morgan fingerprint density at radius 2 is 2.26 bits per heavy atom. The fourth-order valence-electron chi connectivity index (χ4n) is 2.57. The van der Waals surface area contributed by atoms with Gasteiger partial charge in [-0.3, -0.25) is 0 Å². The highest BCUT2D eigenvalue weighted by molar-refractivity contribution is 5.17. The maximum absolute atomic E-state index is 13.2. The first kappa shape index (κ1) is 14.4. The molecule has 3 nitrogen and oxygen atoms in total. The fourth-order valence-corrected chi connectivity index (χ4v) is 2.57. The standard InChI is InChI=1S/C15H21FO3/c1-4-18-14-10-12(15(2,17-3)19-14)8-11-6-5-7-13(16)9-11/h5-7,9,12,14H,4,8,10H2,1-3H3. The lowest BCUT2D eigenvalue weighted by Gasteiger charge is -2.28. The summed E-state index contributed by atoms with van der Waals surface area (Å²) in [4.78, 5) is 0. The van der Waals surface area contributed by atoms with Crippen LogP contribution in [0, 0.1) is 11.7 Å². The summed E-state index contributed by atoms with van der Waals surface area (Å²) in [5.74, 6) is -0.737. The molecule has 0 saturated carbocycles. The van der Waals surface area contributed by atoms with Crippen molar-refractivity contribution < 1.29 is 18.6 Å². The highest BCUT2D eigenvalue weighted by Gasteiger charge is 2.45. The van der Waals surface area contributed by atoms with Crippen LogP contribution in [-0.4, -0.2) is 25.8 Å². The molecule has 2 rings (SSSR count). The predicted octanol–water partition coefficient (Wildman–Crippen LogP) is 3.13. The molecule has 1 heterocycles. The van der Waals surface area contributed by atoms with Crippen LogP contribution in [0.25, 0.3) is 0 Å². The summed E-state index contributed by atoms with van der Waals surface area (Å²) in [5.41, 5.74) is 0.953. The summed E-state index contributed by atoms with van der Waals surface area (Å²) >= 11 is 0. The maximum Gasteiger partial charge on any atom is 0.171 e. The zero-order chi connectivity index (χ0) is 13.9. The smallest absolute Gasteiger partial charge is 0.171 e. The van der Waals surface area contributed by atoms with Crippen LogP contribution in [0.15, 0.2) is 24.3 Å². The third-order valence-corrected chi connectivity index (χ3v) is 3.71. The number of hydrogen-bond donors (Lipinski definition) is 0. The second kappa shape index (κ2) is 5.99. The molecule has 0 aromatic heterocycles. The Labute approximate surface area is 113 Å². The number of benzene rings is 1. The molecular weight excluding hydrogens is 247 g/mol.